The van der Waals surface area contributed by atoms with E-state index >= 15 is 0 Å². The fraction of sp³-hybridized carbons (Fsp3) is 0.600. The van der Waals surface area contributed by atoms with Gasteiger partial charge in [-0.1, -0.05) is 38.1 Å². The van der Waals surface area contributed by atoms with Crippen LogP contribution in [0.1, 0.15) is 25.0 Å². The van der Waals surface area contributed by atoms with Crippen LogP contribution in [0.2, 0.25) is 0 Å². The average molecular weight is 232 g/mol. The van der Waals surface area contributed by atoms with Crippen LogP contribution in [0.25, 0.3) is 0 Å². The molecule has 94 valence electrons. The van der Waals surface area contributed by atoms with Gasteiger partial charge < -0.3 is 10.6 Å². The second-order valence-corrected chi connectivity index (χ2v) is 6.11. The van der Waals surface area contributed by atoms with E-state index in [4.69, 9.17) is 5.73 Å². The maximum atomic E-state index is 5.81. The predicted octanol–water partition coefficient (Wildman–Crippen LogP) is 2.07. The maximum absolute atomic E-state index is 5.81. The number of benzene rings is 1. The zero-order valence-corrected chi connectivity index (χ0v) is 11.2. The molecule has 0 fully saturated rings. The Labute approximate surface area is 105 Å². The molecule has 2 nitrogen and oxygen atoms in total. The molecule has 2 heteroatoms. The SMILES string of the molecule is CN(CC(C)(C)CN)C1Cc2ccccc2C1. The van der Waals surface area contributed by atoms with Crippen molar-refractivity contribution >= 4 is 0 Å². The summed E-state index contributed by atoms with van der Waals surface area (Å²) in [6.45, 7) is 6.30. The molecular weight excluding hydrogens is 208 g/mol. The average Bonchev–Trinajstić information content (AvgIpc) is 2.72. The van der Waals surface area contributed by atoms with Gasteiger partial charge in [-0.25, -0.2) is 0 Å². The first-order chi connectivity index (χ1) is 8.02. The first-order valence-corrected chi connectivity index (χ1v) is 6.49. The third-order valence-corrected chi connectivity index (χ3v) is 3.88. The van der Waals surface area contributed by atoms with E-state index in [1.54, 1.807) is 0 Å². The third kappa shape index (κ3) is 2.88. The highest BCUT2D eigenvalue weighted by Crippen LogP contribution is 2.26. The van der Waals surface area contributed by atoms with Gasteiger partial charge in [0.05, 0.1) is 0 Å². The summed E-state index contributed by atoms with van der Waals surface area (Å²) < 4.78 is 0. The Morgan fingerprint density at radius 2 is 1.76 bits per heavy atom. The van der Waals surface area contributed by atoms with Crippen LogP contribution in [0.3, 0.4) is 0 Å². The van der Waals surface area contributed by atoms with Crippen LogP contribution in [-0.4, -0.2) is 31.1 Å². The lowest BCUT2D eigenvalue weighted by Crippen LogP contribution is -2.42. The van der Waals surface area contributed by atoms with Crippen molar-refractivity contribution in [2.24, 2.45) is 11.1 Å². The highest BCUT2D eigenvalue weighted by molar-refractivity contribution is 5.33. The lowest BCUT2D eigenvalue weighted by molar-refractivity contribution is 0.168. The van der Waals surface area contributed by atoms with Crippen molar-refractivity contribution in [1.29, 1.82) is 0 Å². The molecule has 1 aromatic carbocycles. The molecule has 1 aliphatic rings. The van der Waals surface area contributed by atoms with E-state index in [0.29, 0.717) is 6.04 Å². The summed E-state index contributed by atoms with van der Waals surface area (Å²) in [5.41, 5.74) is 9.07. The molecule has 0 saturated heterocycles. The van der Waals surface area contributed by atoms with E-state index in [2.05, 4.69) is 50.1 Å². The predicted molar refractivity (Wildman–Crippen MR) is 73.1 cm³/mol. The Morgan fingerprint density at radius 1 is 1.24 bits per heavy atom. The number of rotatable bonds is 4. The molecule has 0 aliphatic heterocycles. The first-order valence-electron chi connectivity index (χ1n) is 6.49. The molecule has 1 aliphatic carbocycles. The van der Waals surface area contributed by atoms with E-state index < -0.39 is 0 Å². The number of fused-ring (bicyclic) bond motifs is 1. The summed E-state index contributed by atoms with van der Waals surface area (Å²) in [6, 6.07) is 9.46. The molecule has 0 spiro atoms. The molecule has 17 heavy (non-hydrogen) atoms. The molecule has 0 saturated carbocycles. The zero-order valence-electron chi connectivity index (χ0n) is 11.2. The number of nitrogens with two attached hydrogens (primary N) is 1. The number of nitrogens with zero attached hydrogens (tertiary/aromatic N) is 1. The Morgan fingerprint density at radius 3 is 2.24 bits per heavy atom. The lowest BCUT2D eigenvalue weighted by atomic mass is 9.92. The topological polar surface area (TPSA) is 29.3 Å². The van der Waals surface area contributed by atoms with Crippen LogP contribution in [0.15, 0.2) is 24.3 Å². The number of likely N-dealkylation sites (N-methyl/N-ethyl adjacent to an activating group) is 1. The Kier molecular flexibility index (Phi) is 3.55. The molecule has 0 heterocycles. The van der Waals surface area contributed by atoms with Gasteiger partial charge in [0.15, 0.2) is 0 Å². The fourth-order valence-corrected chi connectivity index (χ4v) is 2.72. The van der Waals surface area contributed by atoms with Crippen molar-refractivity contribution < 1.29 is 0 Å². The summed E-state index contributed by atoms with van der Waals surface area (Å²) in [5, 5.41) is 0. The van der Waals surface area contributed by atoms with Gasteiger partial charge in [0, 0.05) is 12.6 Å². The minimum absolute atomic E-state index is 0.212. The maximum Gasteiger partial charge on any atom is 0.0173 e. The Balaban J connectivity index is 1.99. The van der Waals surface area contributed by atoms with Crippen LogP contribution in [0, 0.1) is 5.41 Å². The summed E-state index contributed by atoms with van der Waals surface area (Å²) in [6.07, 6.45) is 2.38. The summed E-state index contributed by atoms with van der Waals surface area (Å²) in [7, 11) is 2.23. The number of hydrogen-bond acceptors (Lipinski definition) is 2. The van der Waals surface area contributed by atoms with Crippen molar-refractivity contribution in [1.82, 2.24) is 4.90 Å². The molecule has 1 aromatic rings. The minimum Gasteiger partial charge on any atom is -0.330 e. The molecule has 0 atom stereocenters. The largest absolute Gasteiger partial charge is 0.330 e. The van der Waals surface area contributed by atoms with Crippen molar-refractivity contribution in [2.75, 3.05) is 20.1 Å². The van der Waals surface area contributed by atoms with E-state index in [0.717, 1.165) is 13.1 Å². The fourth-order valence-electron chi connectivity index (χ4n) is 2.72. The molecule has 2 rings (SSSR count). The standard InChI is InChI=1S/C15H24N2/c1-15(2,10-16)11-17(3)14-8-12-6-4-5-7-13(12)9-14/h4-7,14H,8-11,16H2,1-3H3. The zero-order chi connectivity index (χ0) is 12.5. The van der Waals surface area contributed by atoms with E-state index in [1.165, 1.54) is 24.0 Å². The summed E-state index contributed by atoms with van der Waals surface area (Å²) in [5.74, 6) is 0. The van der Waals surface area contributed by atoms with Gasteiger partial charge in [0.25, 0.3) is 0 Å². The van der Waals surface area contributed by atoms with Gasteiger partial charge in [0.2, 0.25) is 0 Å². The molecule has 0 bridgehead atoms. The van der Waals surface area contributed by atoms with Gasteiger partial charge in [-0.15, -0.1) is 0 Å². The molecule has 0 unspecified atom stereocenters. The van der Waals surface area contributed by atoms with Gasteiger partial charge >= 0.3 is 0 Å². The Bertz CT molecular complexity index is 359. The van der Waals surface area contributed by atoms with Crippen LogP contribution in [0.5, 0.6) is 0 Å². The summed E-state index contributed by atoms with van der Waals surface area (Å²) >= 11 is 0. The highest BCUT2D eigenvalue weighted by Gasteiger charge is 2.27. The monoisotopic (exact) mass is 232 g/mol. The second-order valence-electron chi connectivity index (χ2n) is 6.11. The lowest BCUT2D eigenvalue weighted by Gasteiger charge is -2.32. The van der Waals surface area contributed by atoms with E-state index in [-0.39, 0.29) is 5.41 Å². The molecule has 0 aromatic heterocycles. The smallest absolute Gasteiger partial charge is 0.0173 e. The quantitative estimate of drug-likeness (QED) is 0.861. The third-order valence-electron chi connectivity index (χ3n) is 3.88. The van der Waals surface area contributed by atoms with Crippen LogP contribution >= 0.6 is 0 Å². The normalized spacial score (nSPS) is 16.5. The molecule has 2 N–H and O–H groups in total. The molecular formula is C15H24N2. The van der Waals surface area contributed by atoms with E-state index in [1.807, 2.05) is 0 Å². The van der Waals surface area contributed by atoms with Gasteiger partial charge in [-0.2, -0.15) is 0 Å². The molecule has 0 amide bonds. The van der Waals surface area contributed by atoms with Gasteiger partial charge in [0.1, 0.15) is 0 Å². The second kappa shape index (κ2) is 4.79. The Hall–Kier alpha value is -0.860. The highest BCUT2D eigenvalue weighted by atomic mass is 15.1. The van der Waals surface area contributed by atoms with Crippen molar-refractivity contribution in [3.63, 3.8) is 0 Å². The van der Waals surface area contributed by atoms with E-state index in [9.17, 15) is 0 Å². The van der Waals surface area contributed by atoms with Crippen molar-refractivity contribution in [3.05, 3.63) is 35.4 Å². The van der Waals surface area contributed by atoms with Crippen molar-refractivity contribution in [2.45, 2.75) is 32.7 Å². The van der Waals surface area contributed by atoms with Gasteiger partial charge in [-0.05, 0) is 43.0 Å². The van der Waals surface area contributed by atoms with Gasteiger partial charge in [-0.3, -0.25) is 0 Å². The minimum atomic E-state index is 0.212. The number of hydrogen-bond donors (Lipinski definition) is 1. The van der Waals surface area contributed by atoms with Crippen LogP contribution in [0.4, 0.5) is 0 Å². The first kappa shape index (κ1) is 12.6. The summed E-state index contributed by atoms with van der Waals surface area (Å²) in [4.78, 5) is 2.48. The van der Waals surface area contributed by atoms with Crippen LogP contribution in [-0.2, 0) is 12.8 Å². The van der Waals surface area contributed by atoms with Crippen molar-refractivity contribution in [3.8, 4) is 0 Å². The van der Waals surface area contributed by atoms with Crippen LogP contribution < -0.4 is 5.73 Å². The molecule has 0 radical (unpaired) electrons.